The fourth-order valence-corrected chi connectivity index (χ4v) is 9.45. The smallest absolute Gasteiger partial charge is 0.341 e. The van der Waals surface area contributed by atoms with Crippen LogP contribution >= 0.6 is 0 Å². The van der Waals surface area contributed by atoms with Gasteiger partial charge < -0.3 is 14.6 Å². The highest BCUT2D eigenvalue weighted by Crippen LogP contribution is 2.56. The van der Waals surface area contributed by atoms with Gasteiger partial charge in [0.05, 0.1) is 17.1 Å². The number of nitrogens with zero attached hydrogens (tertiary/aromatic N) is 1. The molecule has 2 aliphatic rings. The second-order valence-corrected chi connectivity index (χ2v) is 16.7. The van der Waals surface area contributed by atoms with Crippen molar-refractivity contribution < 1.29 is 27.8 Å². The molecule has 2 saturated heterocycles. The van der Waals surface area contributed by atoms with Gasteiger partial charge in [0.2, 0.25) is 10.0 Å². The monoisotopic (exact) mass is 707 g/mol. The molecule has 8 heteroatoms. The molecule has 0 aliphatic carbocycles. The fraction of sp³-hybridized carbons (Fsp3) is 0.372. The van der Waals surface area contributed by atoms with E-state index in [2.05, 4.69) is 26.5 Å². The van der Waals surface area contributed by atoms with E-state index in [0.717, 1.165) is 51.8 Å². The van der Waals surface area contributed by atoms with Gasteiger partial charge in [-0.3, -0.25) is 0 Å². The summed E-state index contributed by atoms with van der Waals surface area (Å²) >= 11 is 0. The van der Waals surface area contributed by atoms with Gasteiger partial charge >= 0.3 is 5.97 Å². The van der Waals surface area contributed by atoms with Gasteiger partial charge in [-0.05, 0) is 96.9 Å². The lowest BCUT2D eigenvalue weighted by Gasteiger charge is -2.54. The molecule has 2 aliphatic heterocycles. The Kier molecular flexibility index (Phi) is 10.9. The van der Waals surface area contributed by atoms with Gasteiger partial charge in [0.25, 0.3) is 0 Å². The maximum Gasteiger partial charge on any atom is 0.341 e. The number of carboxylic acids is 1. The van der Waals surface area contributed by atoms with Gasteiger partial charge in [0.1, 0.15) is 5.75 Å². The molecule has 4 aromatic rings. The number of sulfonamides is 1. The second kappa shape index (κ2) is 15.2. The Morgan fingerprint density at radius 1 is 0.922 bits per heavy atom. The highest BCUT2D eigenvalue weighted by molar-refractivity contribution is 7.89. The quantitative estimate of drug-likeness (QED) is 0.156. The Morgan fingerprint density at radius 2 is 1.49 bits per heavy atom. The number of aliphatic carboxylic acids is 1. The van der Waals surface area contributed by atoms with Gasteiger partial charge in [0.15, 0.2) is 6.61 Å². The van der Waals surface area contributed by atoms with Crippen LogP contribution in [0.15, 0.2) is 114 Å². The highest BCUT2D eigenvalue weighted by atomic mass is 32.2. The van der Waals surface area contributed by atoms with Crippen molar-refractivity contribution in [1.82, 2.24) is 4.31 Å². The Balaban J connectivity index is 1.29. The van der Waals surface area contributed by atoms with Crippen LogP contribution in [0.5, 0.6) is 5.75 Å². The zero-order valence-electron chi connectivity index (χ0n) is 30.0. The van der Waals surface area contributed by atoms with E-state index in [4.69, 9.17) is 9.47 Å². The summed E-state index contributed by atoms with van der Waals surface area (Å²) < 4.78 is 42.7. The number of carbonyl (C=O) groups is 1. The van der Waals surface area contributed by atoms with E-state index in [0.29, 0.717) is 42.5 Å². The lowest BCUT2D eigenvalue weighted by molar-refractivity contribution is -0.173. The second-order valence-electron chi connectivity index (χ2n) is 14.7. The van der Waals surface area contributed by atoms with Gasteiger partial charge in [-0.2, -0.15) is 4.31 Å². The molecule has 0 aromatic heterocycles. The van der Waals surface area contributed by atoms with Crippen LogP contribution in [-0.4, -0.2) is 49.6 Å². The minimum absolute atomic E-state index is 0.0736. The van der Waals surface area contributed by atoms with Crippen molar-refractivity contribution in [3.05, 3.63) is 120 Å². The molecule has 6 rings (SSSR count). The van der Waals surface area contributed by atoms with Crippen LogP contribution < -0.4 is 4.74 Å². The third-order valence-electron chi connectivity index (χ3n) is 10.7. The van der Waals surface area contributed by atoms with Crippen molar-refractivity contribution in [2.75, 3.05) is 19.7 Å². The molecule has 1 spiro atoms. The van der Waals surface area contributed by atoms with Crippen molar-refractivity contribution in [2.24, 2.45) is 17.3 Å². The van der Waals surface area contributed by atoms with Crippen LogP contribution in [0.4, 0.5) is 0 Å². The summed E-state index contributed by atoms with van der Waals surface area (Å²) in [4.78, 5) is 12.0. The van der Waals surface area contributed by atoms with Crippen molar-refractivity contribution >= 4 is 16.0 Å². The predicted molar refractivity (Wildman–Crippen MR) is 202 cm³/mol. The number of carboxylic acid groups (broad SMARTS) is 1. The zero-order chi connectivity index (χ0) is 36.3. The van der Waals surface area contributed by atoms with Crippen molar-refractivity contribution in [1.29, 1.82) is 0 Å². The van der Waals surface area contributed by atoms with E-state index < -0.39 is 28.7 Å². The summed E-state index contributed by atoms with van der Waals surface area (Å²) in [5, 5.41) is 9.57. The number of aryl methyl sites for hydroxylation is 1. The predicted octanol–water partition coefficient (Wildman–Crippen LogP) is 9.33. The molecule has 0 saturated carbocycles. The standard InChI is InChI=1S/C43H49NO6S/c1-29(2)24-39-43(20-22-44(23-21-43)51(47,48)36-18-16-34(17-19-36)32-12-8-6-9-13-32)27-37(30(3)4)42(50-39)41-31(5)25-35(33-14-10-7-11-15-33)26-38(41)49-28-40(45)46/h6-19,25-26,29,37,39,42H,3,20-24,27-28H2,1-2,4-5H3,(H,45,46)/t37-,39+,42+/m0/s1. The molecule has 3 atom stereocenters. The Morgan fingerprint density at radius 3 is 2.04 bits per heavy atom. The maximum atomic E-state index is 13.9. The number of benzene rings is 4. The first-order valence-electron chi connectivity index (χ1n) is 17.9. The largest absolute Gasteiger partial charge is 0.481 e. The molecular formula is C43H49NO6S. The fourth-order valence-electron chi connectivity index (χ4n) is 8.01. The Labute approximate surface area is 303 Å². The molecule has 51 heavy (non-hydrogen) atoms. The number of hydrogen-bond acceptors (Lipinski definition) is 5. The van der Waals surface area contributed by atoms with E-state index in [1.165, 1.54) is 0 Å². The van der Waals surface area contributed by atoms with Crippen LogP contribution in [0.3, 0.4) is 0 Å². The molecule has 2 fully saturated rings. The molecular weight excluding hydrogens is 659 g/mol. The number of rotatable bonds is 11. The first-order valence-corrected chi connectivity index (χ1v) is 19.3. The average Bonchev–Trinajstić information content (AvgIpc) is 3.12. The third-order valence-corrected chi connectivity index (χ3v) is 12.6. The van der Waals surface area contributed by atoms with Crippen LogP contribution in [0.2, 0.25) is 0 Å². The Hall–Kier alpha value is -4.24. The summed E-state index contributed by atoms with van der Waals surface area (Å²) in [6.45, 7) is 13.2. The molecule has 0 radical (unpaired) electrons. The number of ether oxygens (including phenoxy) is 2. The summed E-state index contributed by atoms with van der Waals surface area (Å²) in [6.07, 6.45) is 2.44. The van der Waals surface area contributed by atoms with Gasteiger partial charge in [0, 0.05) is 24.6 Å². The minimum atomic E-state index is -3.68. The number of hydrogen-bond donors (Lipinski definition) is 1. The van der Waals surface area contributed by atoms with E-state index in [1.54, 1.807) is 16.4 Å². The summed E-state index contributed by atoms with van der Waals surface area (Å²) in [6, 6.07) is 31.1. The van der Waals surface area contributed by atoms with Crippen LogP contribution in [0, 0.1) is 24.2 Å². The molecule has 0 unspecified atom stereocenters. The summed E-state index contributed by atoms with van der Waals surface area (Å²) in [5.74, 6) is -0.264. The lowest BCUT2D eigenvalue weighted by atomic mass is 9.62. The van der Waals surface area contributed by atoms with Gasteiger partial charge in [-0.15, -0.1) is 0 Å². The van der Waals surface area contributed by atoms with Crippen LogP contribution in [-0.2, 0) is 19.6 Å². The first-order chi connectivity index (χ1) is 24.4. The van der Waals surface area contributed by atoms with Crippen LogP contribution in [0.25, 0.3) is 22.3 Å². The van der Waals surface area contributed by atoms with Crippen molar-refractivity contribution in [3.8, 4) is 28.0 Å². The van der Waals surface area contributed by atoms with E-state index in [9.17, 15) is 18.3 Å². The topological polar surface area (TPSA) is 93.1 Å². The molecule has 0 bridgehead atoms. The Bertz CT molecular complexity index is 1950. The van der Waals surface area contributed by atoms with E-state index in [-0.39, 0.29) is 17.4 Å². The molecule has 1 N–H and O–H groups in total. The number of piperidine rings is 1. The van der Waals surface area contributed by atoms with Gasteiger partial charge in [-0.25, -0.2) is 13.2 Å². The van der Waals surface area contributed by atoms with Crippen LogP contribution in [0.1, 0.15) is 63.7 Å². The normalized spacial score (nSPS) is 20.7. The summed E-state index contributed by atoms with van der Waals surface area (Å²) in [7, 11) is -3.68. The van der Waals surface area contributed by atoms with E-state index in [1.807, 2.05) is 92.7 Å². The summed E-state index contributed by atoms with van der Waals surface area (Å²) in [5.41, 5.74) is 6.53. The molecule has 0 amide bonds. The first kappa shape index (κ1) is 36.5. The van der Waals surface area contributed by atoms with Crippen molar-refractivity contribution in [2.45, 2.75) is 70.5 Å². The van der Waals surface area contributed by atoms with Gasteiger partial charge in [-0.1, -0.05) is 105 Å². The van der Waals surface area contributed by atoms with E-state index >= 15 is 0 Å². The molecule has 2 heterocycles. The average molecular weight is 708 g/mol. The minimum Gasteiger partial charge on any atom is -0.481 e. The zero-order valence-corrected chi connectivity index (χ0v) is 30.9. The molecule has 4 aromatic carbocycles. The maximum absolute atomic E-state index is 13.9. The molecule has 268 valence electrons. The third kappa shape index (κ3) is 7.83. The van der Waals surface area contributed by atoms with Crippen molar-refractivity contribution in [3.63, 3.8) is 0 Å². The lowest BCUT2D eigenvalue weighted by Crippen LogP contribution is -2.53. The highest BCUT2D eigenvalue weighted by Gasteiger charge is 2.52. The SMILES string of the molecule is C=C(C)[C@@H]1CC2(CCN(S(=O)(=O)c3ccc(-c4ccccc4)cc3)CC2)[C@@H](CC(C)C)O[C@H]1c1c(C)cc(-c2ccccc2)cc1OCC(=O)O. The molecule has 7 nitrogen and oxygen atoms in total.